The van der Waals surface area contributed by atoms with Crippen LogP contribution in [0.3, 0.4) is 0 Å². The summed E-state index contributed by atoms with van der Waals surface area (Å²) in [5.74, 6) is -2.64. The van der Waals surface area contributed by atoms with Gasteiger partial charge in [-0.1, -0.05) is 32.9 Å². The number of alkyl halides is 3. The SMILES string of the molecule is CC(C)(C)c1ccc2cc(C(=O)NC(CC(F)(F)F)C(=O)O)[nH]c2c1. The molecule has 3 N–H and O–H groups in total. The zero-order chi connectivity index (χ0) is 19.0. The highest BCUT2D eigenvalue weighted by atomic mass is 19.4. The summed E-state index contributed by atoms with van der Waals surface area (Å²) < 4.78 is 37.3. The maximum absolute atomic E-state index is 12.4. The summed E-state index contributed by atoms with van der Waals surface area (Å²) in [7, 11) is 0. The van der Waals surface area contributed by atoms with Gasteiger partial charge in [0.15, 0.2) is 0 Å². The third kappa shape index (κ3) is 4.74. The molecule has 2 aromatic rings. The maximum Gasteiger partial charge on any atom is 0.391 e. The second-order valence-corrected chi connectivity index (χ2v) is 6.92. The number of aliphatic carboxylic acids is 1. The molecule has 0 saturated heterocycles. The number of nitrogens with one attached hydrogen (secondary N) is 2. The Morgan fingerprint density at radius 2 is 1.84 bits per heavy atom. The van der Waals surface area contributed by atoms with Crippen molar-refractivity contribution in [1.82, 2.24) is 10.3 Å². The Labute approximate surface area is 142 Å². The monoisotopic (exact) mass is 356 g/mol. The minimum absolute atomic E-state index is 0.00878. The van der Waals surface area contributed by atoms with Crippen LogP contribution < -0.4 is 5.32 Å². The lowest BCUT2D eigenvalue weighted by atomic mass is 9.87. The zero-order valence-corrected chi connectivity index (χ0v) is 14.0. The molecule has 0 radical (unpaired) electrons. The zero-order valence-electron chi connectivity index (χ0n) is 14.0. The minimum Gasteiger partial charge on any atom is -0.480 e. The Kier molecular flexibility index (Phi) is 4.83. The van der Waals surface area contributed by atoms with E-state index in [1.807, 2.05) is 38.2 Å². The number of aromatic amines is 1. The van der Waals surface area contributed by atoms with Crippen LogP contribution in [0.5, 0.6) is 0 Å². The number of carboxylic acid groups (broad SMARTS) is 1. The molecule has 1 unspecified atom stereocenters. The van der Waals surface area contributed by atoms with Crippen molar-refractivity contribution in [3.05, 3.63) is 35.5 Å². The first kappa shape index (κ1) is 18.8. The van der Waals surface area contributed by atoms with Crippen molar-refractivity contribution < 1.29 is 27.9 Å². The smallest absolute Gasteiger partial charge is 0.391 e. The van der Waals surface area contributed by atoms with Crippen molar-refractivity contribution in [2.24, 2.45) is 0 Å². The summed E-state index contributed by atoms with van der Waals surface area (Å²) >= 11 is 0. The molecule has 1 amide bonds. The molecule has 1 atom stereocenters. The van der Waals surface area contributed by atoms with Crippen molar-refractivity contribution in [3.8, 4) is 0 Å². The normalized spacial score (nSPS) is 13.7. The number of benzene rings is 1. The number of fused-ring (bicyclic) bond motifs is 1. The number of hydrogen-bond donors (Lipinski definition) is 3. The van der Waals surface area contributed by atoms with Gasteiger partial charge in [-0.15, -0.1) is 0 Å². The highest BCUT2D eigenvalue weighted by Gasteiger charge is 2.36. The third-order valence-electron chi connectivity index (χ3n) is 3.77. The second-order valence-electron chi connectivity index (χ2n) is 6.92. The summed E-state index contributed by atoms with van der Waals surface area (Å²) in [6.45, 7) is 6.08. The lowest BCUT2D eigenvalue weighted by Crippen LogP contribution is -2.43. The van der Waals surface area contributed by atoms with Gasteiger partial charge in [0.2, 0.25) is 0 Å². The van der Waals surface area contributed by atoms with Gasteiger partial charge in [-0.05, 0) is 23.1 Å². The van der Waals surface area contributed by atoms with Crippen LogP contribution in [0.25, 0.3) is 10.9 Å². The van der Waals surface area contributed by atoms with E-state index in [0.29, 0.717) is 10.9 Å². The number of H-pyrrole nitrogens is 1. The molecular weight excluding hydrogens is 337 g/mol. The lowest BCUT2D eigenvalue weighted by Gasteiger charge is -2.18. The second kappa shape index (κ2) is 6.42. The van der Waals surface area contributed by atoms with Crippen LogP contribution in [0.4, 0.5) is 13.2 Å². The number of rotatable bonds is 4. The molecule has 0 saturated carbocycles. The minimum atomic E-state index is -4.70. The number of aromatic nitrogens is 1. The van der Waals surface area contributed by atoms with Crippen molar-refractivity contribution in [2.45, 2.75) is 44.8 Å². The van der Waals surface area contributed by atoms with E-state index in [1.54, 1.807) is 6.07 Å². The maximum atomic E-state index is 12.4. The lowest BCUT2D eigenvalue weighted by molar-refractivity contribution is -0.157. The van der Waals surface area contributed by atoms with Crippen LogP contribution in [-0.4, -0.2) is 34.2 Å². The molecule has 1 aromatic carbocycles. The van der Waals surface area contributed by atoms with Gasteiger partial charge in [-0.2, -0.15) is 13.2 Å². The van der Waals surface area contributed by atoms with E-state index in [0.717, 1.165) is 5.56 Å². The Bertz CT molecular complexity index is 804. The molecule has 0 fully saturated rings. The van der Waals surface area contributed by atoms with E-state index in [9.17, 15) is 22.8 Å². The van der Waals surface area contributed by atoms with Crippen molar-refractivity contribution in [3.63, 3.8) is 0 Å². The topological polar surface area (TPSA) is 82.2 Å². The fourth-order valence-corrected chi connectivity index (χ4v) is 2.38. The van der Waals surface area contributed by atoms with Crippen molar-refractivity contribution in [2.75, 3.05) is 0 Å². The highest BCUT2D eigenvalue weighted by Crippen LogP contribution is 2.26. The van der Waals surface area contributed by atoms with E-state index in [1.165, 1.54) is 6.07 Å². The highest BCUT2D eigenvalue weighted by molar-refractivity contribution is 5.99. The van der Waals surface area contributed by atoms with Gasteiger partial charge in [0.25, 0.3) is 5.91 Å². The third-order valence-corrected chi connectivity index (χ3v) is 3.77. The van der Waals surface area contributed by atoms with Gasteiger partial charge in [0, 0.05) is 10.9 Å². The molecule has 136 valence electrons. The average molecular weight is 356 g/mol. The molecular formula is C17H19F3N2O3. The van der Waals surface area contributed by atoms with Crippen LogP contribution in [0.1, 0.15) is 43.2 Å². The standard InChI is InChI=1S/C17H19F3N2O3/c1-16(2,3)10-5-4-9-6-12(21-11(9)7-10)14(23)22-13(15(24)25)8-17(18,19)20/h4-7,13,21H,8H2,1-3H3,(H,22,23)(H,24,25). The predicted molar refractivity (Wildman–Crippen MR) is 86.6 cm³/mol. The fourth-order valence-electron chi connectivity index (χ4n) is 2.38. The average Bonchev–Trinajstić information content (AvgIpc) is 2.87. The predicted octanol–water partition coefficient (Wildman–Crippen LogP) is 3.60. The number of carboxylic acids is 1. The quantitative estimate of drug-likeness (QED) is 0.783. The first-order valence-corrected chi connectivity index (χ1v) is 7.60. The number of carbonyl (C=O) groups excluding carboxylic acids is 1. The Balaban J connectivity index is 2.25. The number of halogens is 3. The number of amides is 1. The Morgan fingerprint density at radius 1 is 1.20 bits per heavy atom. The van der Waals surface area contributed by atoms with Crippen LogP contribution in [-0.2, 0) is 10.2 Å². The first-order valence-electron chi connectivity index (χ1n) is 7.60. The molecule has 0 aliphatic carbocycles. The fraction of sp³-hybridized carbons (Fsp3) is 0.412. The molecule has 0 aliphatic rings. The summed E-state index contributed by atoms with van der Waals surface area (Å²) in [5.41, 5.74) is 1.58. The Hall–Kier alpha value is -2.51. The molecule has 5 nitrogen and oxygen atoms in total. The molecule has 0 bridgehead atoms. The van der Waals surface area contributed by atoms with Gasteiger partial charge in [-0.3, -0.25) is 4.79 Å². The molecule has 1 aromatic heterocycles. The molecule has 0 spiro atoms. The van der Waals surface area contributed by atoms with Crippen LogP contribution in [0.2, 0.25) is 0 Å². The van der Waals surface area contributed by atoms with E-state index in [2.05, 4.69) is 4.98 Å². The van der Waals surface area contributed by atoms with E-state index < -0.39 is 30.5 Å². The van der Waals surface area contributed by atoms with Crippen LogP contribution in [0.15, 0.2) is 24.3 Å². The molecule has 0 aliphatic heterocycles. The van der Waals surface area contributed by atoms with E-state index >= 15 is 0 Å². The first-order chi connectivity index (χ1) is 11.4. The van der Waals surface area contributed by atoms with Gasteiger partial charge in [0.1, 0.15) is 11.7 Å². The van der Waals surface area contributed by atoms with Gasteiger partial charge < -0.3 is 15.4 Å². The summed E-state index contributed by atoms with van der Waals surface area (Å²) in [6, 6.07) is 5.00. The summed E-state index contributed by atoms with van der Waals surface area (Å²) in [6.07, 6.45) is -6.33. The molecule has 1 heterocycles. The van der Waals surface area contributed by atoms with Gasteiger partial charge in [-0.25, -0.2) is 4.79 Å². The number of hydrogen-bond acceptors (Lipinski definition) is 2. The molecule has 8 heteroatoms. The largest absolute Gasteiger partial charge is 0.480 e. The number of carbonyl (C=O) groups is 2. The van der Waals surface area contributed by atoms with Crippen LogP contribution >= 0.6 is 0 Å². The van der Waals surface area contributed by atoms with Crippen molar-refractivity contribution in [1.29, 1.82) is 0 Å². The molecule has 2 rings (SSSR count). The van der Waals surface area contributed by atoms with Crippen molar-refractivity contribution >= 4 is 22.8 Å². The van der Waals surface area contributed by atoms with E-state index in [-0.39, 0.29) is 11.1 Å². The Morgan fingerprint density at radius 3 is 2.36 bits per heavy atom. The summed E-state index contributed by atoms with van der Waals surface area (Å²) in [5, 5.41) is 11.5. The molecule has 25 heavy (non-hydrogen) atoms. The summed E-state index contributed by atoms with van der Waals surface area (Å²) in [4.78, 5) is 25.9. The van der Waals surface area contributed by atoms with Crippen LogP contribution in [0, 0.1) is 0 Å². The van der Waals surface area contributed by atoms with Gasteiger partial charge >= 0.3 is 12.1 Å². The van der Waals surface area contributed by atoms with Gasteiger partial charge in [0.05, 0.1) is 6.42 Å². The van der Waals surface area contributed by atoms with E-state index in [4.69, 9.17) is 5.11 Å².